The predicted octanol–water partition coefficient (Wildman–Crippen LogP) is 8.33. The summed E-state index contributed by atoms with van der Waals surface area (Å²) < 4.78 is 17.9. The van der Waals surface area contributed by atoms with Gasteiger partial charge in [0.1, 0.15) is 18.0 Å². The van der Waals surface area contributed by atoms with Gasteiger partial charge in [0.05, 0.1) is 13.2 Å². The van der Waals surface area contributed by atoms with E-state index in [4.69, 9.17) is 25.5 Å². The van der Waals surface area contributed by atoms with Crippen LogP contribution in [0.15, 0.2) is 54.1 Å². The third-order valence-corrected chi connectivity index (χ3v) is 13.3. The maximum Gasteiger partial charge on any atom is 0.410 e. The van der Waals surface area contributed by atoms with Gasteiger partial charge < -0.3 is 23.7 Å². The average molecular weight is 641 g/mol. The molecule has 0 saturated heterocycles. The summed E-state index contributed by atoms with van der Waals surface area (Å²) in [7, 11) is -1.83. The van der Waals surface area contributed by atoms with Crippen molar-refractivity contribution in [3.63, 3.8) is 0 Å². The molecule has 2 aromatic rings. The van der Waals surface area contributed by atoms with Gasteiger partial charge in [0.25, 0.3) is 5.91 Å². The molecule has 0 unspecified atom stereocenters. The Morgan fingerprint density at radius 3 is 2.27 bits per heavy atom. The van der Waals surface area contributed by atoms with Gasteiger partial charge in [0, 0.05) is 29.7 Å². The molecule has 4 rings (SSSR count). The first-order valence-corrected chi connectivity index (χ1v) is 19.0. The summed E-state index contributed by atoms with van der Waals surface area (Å²) in [5.74, 6) is 0.714. The Hall–Kier alpha value is -2.81. The highest BCUT2D eigenvalue weighted by atomic mass is 35.5. The van der Waals surface area contributed by atoms with Gasteiger partial charge in [0.15, 0.2) is 8.32 Å². The van der Waals surface area contributed by atoms with Crippen LogP contribution in [0.5, 0.6) is 5.75 Å². The van der Waals surface area contributed by atoms with E-state index < -0.39 is 20.0 Å². The average Bonchev–Trinajstić information content (AvgIpc) is 3.78. The smallest absolute Gasteiger partial charge is 0.410 e. The predicted molar refractivity (Wildman–Crippen MR) is 179 cm³/mol. The third-order valence-electron chi connectivity index (χ3n) is 8.57. The van der Waals surface area contributed by atoms with Crippen LogP contribution in [-0.4, -0.2) is 68.1 Å². The Morgan fingerprint density at radius 1 is 1.00 bits per heavy atom. The van der Waals surface area contributed by atoms with E-state index in [9.17, 15) is 9.59 Å². The van der Waals surface area contributed by atoms with Gasteiger partial charge in [-0.25, -0.2) is 4.79 Å². The molecule has 0 N–H and O–H groups in total. The van der Waals surface area contributed by atoms with Crippen molar-refractivity contribution in [2.45, 2.75) is 97.1 Å². The van der Waals surface area contributed by atoms with Crippen molar-refractivity contribution in [2.24, 2.45) is 0 Å². The molecule has 240 valence electrons. The first kappa shape index (κ1) is 34.1. The number of nitrogens with zero attached hydrogens (tertiary/aromatic N) is 2. The largest absolute Gasteiger partial charge is 0.491 e. The van der Waals surface area contributed by atoms with Crippen LogP contribution < -0.4 is 4.74 Å². The molecule has 1 fully saturated rings. The monoisotopic (exact) mass is 640 g/mol. The lowest BCUT2D eigenvalue weighted by atomic mass is 9.92. The molecule has 7 nitrogen and oxygen atoms in total. The Morgan fingerprint density at radius 2 is 1.68 bits per heavy atom. The fourth-order valence-corrected chi connectivity index (χ4v) is 6.18. The summed E-state index contributed by atoms with van der Waals surface area (Å²) in [5, 5.41) is 0.799. The summed E-state index contributed by atoms with van der Waals surface area (Å²) >= 11 is 6.27. The molecule has 0 spiro atoms. The van der Waals surface area contributed by atoms with Crippen LogP contribution in [0.1, 0.15) is 71.9 Å². The number of carbonyl (C=O) groups is 2. The topological polar surface area (TPSA) is 68.3 Å². The highest BCUT2D eigenvalue weighted by molar-refractivity contribution is 6.74. The highest BCUT2D eigenvalue weighted by Crippen LogP contribution is 2.37. The molecule has 9 heteroatoms. The lowest BCUT2D eigenvalue weighted by Gasteiger charge is -2.36. The summed E-state index contributed by atoms with van der Waals surface area (Å²) in [6.07, 6.45) is 2.08. The first-order valence-electron chi connectivity index (χ1n) is 15.7. The fraction of sp³-hybridized carbons (Fsp3) is 0.543. The Kier molecular flexibility index (Phi) is 10.6. The SMILES string of the molecule is CC(C)(C)OC(=O)N1CCC(c2ccc(OCCO[Si](C)(C)C(C)(C)C)cc2)=C(C(=O)N(Cc2cccc(Cl)c2)C2CC2)C1. The molecule has 1 heterocycles. The summed E-state index contributed by atoms with van der Waals surface area (Å²) in [4.78, 5) is 31.0. The molecule has 2 aromatic carbocycles. The number of hydrogen-bond donors (Lipinski definition) is 0. The summed E-state index contributed by atoms with van der Waals surface area (Å²) in [5.41, 5.74) is 2.91. The number of carbonyl (C=O) groups excluding carboxylic acids is 2. The molecular weight excluding hydrogens is 592 g/mol. The molecule has 0 radical (unpaired) electrons. The Labute approximate surface area is 269 Å². The van der Waals surface area contributed by atoms with E-state index in [0.717, 1.165) is 35.3 Å². The van der Waals surface area contributed by atoms with Crippen molar-refractivity contribution in [3.05, 3.63) is 70.3 Å². The third kappa shape index (κ3) is 9.11. The molecule has 1 aliphatic carbocycles. The van der Waals surface area contributed by atoms with Gasteiger partial charge in [-0.2, -0.15) is 0 Å². The molecule has 0 bridgehead atoms. The quantitative estimate of drug-likeness (QED) is 0.193. The zero-order valence-electron chi connectivity index (χ0n) is 27.7. The van der Waals surface area contributed by atoms with E-state index in [1.54, 1.807) is 4.90 Å². The molecule has 2 amide bonds. The van der Waals surface area contributed by atoms with Crippen LogP contribution in [0.2, 0.25) is 23.2 Å². The van der Waals surface area contributed by atoms with E-state index in [2.05, 4.69) is 33.9 Å². The standard InChI is InChI=1S/C35H49ClN2O5Si/c1-34(2,3)43-33(40)37-19-18-30(26-12-16-29(17-13-26)41-20-21-42-44(7,8)35(4,5)6)31(24-37)32(39)38(28-14-15-28)23-25-10-9-11-27(36)22-25/h9-13,16-17,22,28H,14-15,18-21,23-24H2,1-8H3. The van der Waals surface area contributed by atoms with Crippen molar-refractivity contribution in [2.75, 3.05) is 26.3 Å². The van der Waals surface area contributed by atoms with Gasteiger partial charge >= 0.3 is 6.09 Å². The maximum absolute atomic E-state index is 14.3. The van der Waals surface area contributed by atoms with Crippen LogP contribution in [0.25, 0.3) is 5.57 Å². The number of halogens is 1. The normalized spacial score (nSPS) is 16.2. The Bertz CT molecular complexity index is 1360. The van der Waals surface area contributed by atoms with Crippen LogP contribution >= 0.6 is 11.6 Å². The highest BCUT2D eigenvalue weighted by Gasteiger charge is 2.38. The lowest BCUT2D eigenvalue weighted by molar-refractivity contribution is -0.128. The fourth-order valence-electron chi connectivity index (χ4n) is 4.94. The van der Waals surface area contributed by atoms with E-state index in [1.807, 2.05) is 74.2 Å². The molecular formula is C35H49ClN2O5Si. The summed E-state index contributed by atoms with van der Waals surface area (Å²) in [6.45, 7) is 18.9. The van der Waals surface area contributed by atoms with Gasteiger partial charge in [-0.05, 0) is 99.1 Å². The number of rotatable bonds is 10. The minimum Gasteiger partial charge on any atom is -0.491 e. The molecule has 1 saturated carbocycles. The van der Waals surface area contributed by atoms with Gasteiger partial charge in [-0.1, -0.05) is 56.6 Å². The van der Waals surface area contributed by atoms with Crippen LogP contribution in [-0.2, 0) is 20.5 Å². The molecule has 0 aromatic heterocycles. The molecule has 1 aliphatic heterocycles. The van der Waals surface area contributed by atoms with Gasteiger partial charge in [-0.3, -0.25) is 4.79 Å². The van der Waals surface area contributed by atoms with Crippen molar-refractivity contribution in [1.29, 1.82) is 0 Å². The van der Waals surface area contributed by atoms with E-state index in [-0.39, 0.29) is 23.5 Å². The van der Waals surface area contributed by atoms with E-state index in [1.165, 1.54) is 0 Å². The minimum absolute atomic E-state index is 0.0427. The van der Waals surface area contributed by atoms with E-state index >= 15 is 0 Å². The second-order valence-corrected chi connectivity index (χ2v) is 19.6. The Balaban J connectivity index is 1.55. The van der Waals surface area contributed by atoms with Crippen molar-refractivity contribution in [1.82, 2.24) is 9.80 Å². The van der Waals surface area contributed by atoms with E-state index in [0.29, 0.717) is 43.3 Å². The number of hydrogen-bond acceptors (Lipinski definition) is 5. The van der Waals surface area contributed by atoms with Crippen LogP contribution in [0, 0.1) is 0 Å². The maximum atomic E-state index is 14.3. The zero-order valence-corrected chi connectivity index (χ0v) is 29.4. The second-order valence-electron chi connectivity index (χ2n) is 14.4. The number of benzene rings is 2. The molecule has 44 heavy (non-hydrogen) atoms. The molecule has 0 atom stereocenters. The van der Waals surface area contributed by atoms with Crippen molar-refractivity contribution < 1.29 is 23.5 Å². The lowest BCUT2D eigenvalue weighted by Crippen LogP contribution is -2.44. The van der Waals surface area contributed by atoms with Crippen LogP contribution in [0.3, 0.4) is 0 Å². The van der Waals surface area contributed by atoms with Crippen molar-refractivity contribution >= 4 is 37.5 Å². The molecule has 2 aliphatic rings. The minimum atomic E-state index is -1.83. The van der Waals surface area contributed by atoms with Crippen LogP contribution in [0.4, 0.5) is 4.79 Å². The summed E-state index contributed by atoms with van der Waals surface area (Å²) in [6, 6.07) is 15.7. The number of amides is 2. The second kappa shape index (κ2) is 13.7. The van der Waals surface area contributed by atoms with Crippen molar-refractivity contribution in [3.8, 4) is 5.75 Å². The zero-order chi connectivity index (χ0) is 32.3. The van der Waals surface area contributed by atoms with Gasteiger partial charge in [-0.15, -0.1) is 0 Å². The van der Waals surface area contributed by atoms with Gasteiger partial charge in [0.2, 0.25) is 0 Å². The first-order chi connectivity index (χ1) is 20.5. The number of ether oxygens (including phenoxy) is 2.